The Balaban J connectivity index is 0.000000371. The molecule has 2 nitrogen and oxygen atoms in total. The fourth-order valence-corrected chi connectivity index (χ4v) is 0.993. The van der Waals surface area contributed by atoms with Gasteiger partial charge in [-0.1, -0.05) is 13.8 Å². The Labute approximate surface area is 64.8 Å². The molecule has 0 radical (unpaired) electrons. The van der Waals surface area contributed by atoms with Crippen molar-refractivity contribution in [1.82, 2.24) is 9.80 Å². The van der Waals surface area contributed by atoms with Crippen molar-refractivity contribution in [3.63, 3.8) is 0 Å². The minimum absolute atomic E-state index is 0.819. The largest absolute Gasteiger partial charge is 0.304 e. The fraction of sp³-hybridized carbons (Fsp3) is 1.00. The third-order valence-electron chi connectivity index (χ3n) is 1.78. The summed E-state index contributed by atoms with van der Waals surface area (Å²) in [6, 6.07) is 0.819. The van der Waals surface area contributed by atoms with E-state index in [9.17, 15) is 0 Å². The van der Waals surface area contributed by atoms with Gasteiger partial charge in [-0.25, -0.2) is 0 Å². The molecule has 0 aromatic rings. The normalized spacial score (nSPS) is 19.8. The molecule has 0 N–H and O–H groups in total. The number of nitrogens with zero attached hydrogens (tertiary/aromatic N) is 2. The lowest BCUT2D eigenvalue weighted by Gasteiger charge is -2.40. The monoisotopic (exact) mass is 144 g/mol. The third-order valence-corrected chi connectivity index (χ3v) is 1.78. The Bertz CT molecular complexity index is 75.3. The van der Waals surface area contributed by atoms with Gasteiger partial charge >= 0.3 is 0 Å². The molecule has 1 saturated heterocycles. The predicted octanol–water partition coefficient (Wildman–Crippen LogP) is 0.888. The first-order valence-electron chi connectivity index (χ1n) is 4.05. The molecule has 0 aromatic carbocycles. The molecule has 0 amide bonds. The molecule has 0 aromatic heterocycles. The summed E-state index contributed by atoms with van der Waals surface area (Å²) >= 11 is 0. The molecular formula is C8H20N2. The molecule has 1 aliphatic rings. The van der Waals surface area contributed by atoms with E-state index in [2.05, 4.69) is 30.9 Å². The van der Waals surface area contributed by atoms with E-state index in [0.717, 1.165) is 6.04 Å². The third kappa shape index (κ3) is 2.67. The second kappa shape index (κ2) is 4.69. The van der Waals surface area contributed by atoms with Gasteiger partial charge in [-0.15, -0.1) is 0 Å². The molecule has 1 aliphatic heterocycles. The first kappa shape index (κ1) is 9.92. The van der Waals surface area contributed by atoms with Crippen LogP contribution in [-0.4, -0.2) is 50.1 Å². The first-order chi connectivity index (χ1) is 4.70. The van der Waals surface area contributed by atoms with Crippen molar-refractivity contribution in [3.05, 3.63) is 0 Å². The summed E-state index contributed by atoms with van der Waals surface area (Å²) in [7, 11) is 6.43. The molecular weight excluding hydrogens is 124 g/mol. The molecule has 0 aliphatic carbocycles. The lowest BCUT2D eigenvalue weighted by molar-refractivity contribution is 0.0878. The SMILES string of the molecule is CC.CN1CC(N(C)C)C1. The van der Waals surface area contributed by atoms with Gasteiger partial charge in [0.25, 0.3) is 0 Å². The van der Waals surface area contributed by atoms with Crippen LogP contribution in [0.3, 0.4) is 0 Å². The average molecular weight is 144 g/mol. The summed E-state index contributed by atoms with van der Waals surface area (Å²) in [5.74, 6) is 0. The highest BCUT2D eigenvalue weighted by Gasteiger charge is 2.23. The van der Waals surface area contributed by atoms with Crippen molar-refractivity contribution < 1.29 is 0 Å². The van der Waals surface area contributed by atoms with E-state index in [1.54, 1.807) is 0 Å². The second-order valence-corrected chi connectivity index (χ2v) is 2.84. The van der Waals surface area contributed by atoms with E-state index in [1.165, 1.54) is 13.1 Å². The summed E-state index contributed by atoms with van der Waals surface area (Å²) in [4.78, 5) is 4.60. The van der Waals surface area contributed by atoms with Crippen molar-refractivity contribution in [2.45, 2.75) is 19.9 Å². The molecule has 1 fully saturated rings. The van der Waals surface area contributed by atoms with Crippen LogP contribution in [0.1, 0.15) is 13.8 Å². The minimum Gasteiger partial charge on any atom is -0.304 e. The average Bonchev–Trinajstić information content (AvgIpc) is 1.86. The zero-order chi connectivity index (χ0) is 8.15. The van der Waals surface area contributed by atoms with Crippen LogP contribution in [0, 0.1) is 0 Å². The standard InChI is InChI=1S/C6H14N2.C2H6/c1-7(2)6-4-8(3)5-6;1-2/h6H,4-5H2,1-3H3;1-2H3. The van der Waals surface area contributed by atoms with E-state index in [4.69, 9.17) is 0 Å². The second-order valence-electron chi connectivity index (χ2n) is 2.84. The summed E-state index contributed by atoms with van der Waals surface area (Å²) in [5.41, 5.74) is 0. The molecule has 0 saturated carbocycles. The molecule has 0 unspecified atom stereocenters. The van der Waals surface area contributed by atoms with E-state index >= 15 is 0 Å². The van der Waals surface area contributed by atoms with Crippen molar-refractivity contribution in [1.29, 1.82) is 0 Å². The van der Waals surface area contributed by atoms with Crippen LogP contribution < -0.4 is 0 Å². The van der Waals surface area contributed by atoms with Gasteiger partial charge in [0, 0.05) is 19.1 Å². The lowest BCUT2D eigenvalue weighted by atomic mass is 10.1. The topological polar surface area (TPSA) is 6.48 Å². The molecule has 10 heavy (non-hydrogen) atoms. The molecule has 1 rings (SSSR count). The minimum atomic E-state index is 0.819. The fourth-order valence-electron chi connectivity index (χ4n) is 0.993. The Kier molecular flexibility index (Phi) is 4.65. The molecule has 2 heteroatoms. The maximum atomic E-state index is 2.32. The van der Waals surface area contributed by atoms with Gasteiger partial charge in [-0.3, -0.25) is 0 Å². The van der Waals surface area contributed by atoms with Crippen LogP contribution >= 0.6 is 0 Å². The predicted molar refractivity (Wildman–Crippen MR) is 46.3 cm³/mol. The molecule has 62 valence electrons. The van der Waals surface area contributed by atoms with Crippen LogP contribution in [0.25, 0.3) is 0 Å². The maximum Gasteiger partial charge on any atom is 0.0344 e. The van der Waals surface area contributed by atoms with Crippen molar-refractivity contribution in [2.24, 2.45) is 0 Å². The van der Waals surface area contributed by atoms with E-state index in [1.807, 2.05) is 13.8 Å². The summed E-state index contributed by atoms with van der Waals surface area (Å²) in [6.07, 6.45) is 0. The van der Waals surface area contributed by atoms with Crippen LogP contribution in [0.5, 0.6) is 0 Å². The number of hydrogen-bond acceptors (Lipinski definition) is 2. The summed E-state index contributed by atoms with van der Waals surface area (Å²) < 4.78 is 0. The number of likely N-dealkylation sites (N-methyl/N-ethyl adjacent to an activating group) is 2. The van der Waals surface area contributed by atoms with E-state index in [0.29, 0.717) is 0 Å². The number of hydrogen-bond donors (Lipinski definition) is 0. The molecule has 0 atom stereocenters. The van der Waals surface area contributed by atoms with Gasteiger partial charge in [0.15, 0.2) is 0 Å². The van der Waals surface area contributed by atoms with Crippen LogP contribution in [0.15, 0.2) is 0 Å². The zero-order valence-electron chi connectivity index (χ0n) is 7.89. The molecule has 0 spiro atoms. The van der Waals surface area contributed by atoms with Crippen molar-refractivity contribution in [3.8, 4) is 0 Å². The van der Waals surface area contributed by atoms with Gasteiger partial charge < -0.3 is 9.80 Å². The highest BCUT2D eigenvalue weighted by molar-refractivity contribution is 4.82. The molecule has 1 heterocycles. The van der Waals surface area contributed by atoms with E-state index in [-0.39, 0.29) is 0 Å². The van der Waals surface area contributed by atoms with Crippen molar-refractivity contribution >= 4 is 0 Å². The zero-order valence-corrected chi connectivity index (χ0v) is 7.89. The molecule has 0 bridgehead atoms. The van der Waals surface area contributed by atoms with Gasteiger partial charge in [0.2, 0.25) is 0 Å². The van der Waals surface area contributed by atoms with Gasteiger partial charge in [-0.2, -0.15) is 0 Å². The highest BCUT2D eigenvalue weighted by Crippen LogP contribution is 2.07. The Hall–Kier alpha value is -0.0800. The Morgan fingerprint density at radius 3 is 1.70 bits per heavy atom. The van der Waals surface area contributed by atoms with Crippen molar-refractivity contribution in [2.75, 3.05) is 34.2 Å². The van der Waals surface area contributed by atoms with Crippen LogP contribution in [0.4, 0.5) is 0 Å². The van der Waals surface area contributed by atoms with E-state index < -0.39 is 0 Å². The summed E-state index contributed by atoms with van der Waals surface area (Å²) in [5, 5.41) is 0. The first-order valence-corrected chi connectivity index (χ1v) is 4.05. The quantitative estimate of drug-likeness (QED) is 0.539. The number of likely N-dealkylation sites (tertiary alicyclic amines) is 1. The van der Waals surface area contributed by atoms with Gasteiger partial charge in [-0.05, 0) is 21.1 Å². The lowest BCUT2D eigenvalue weighted by Crippen LogP contribution is -2.55. The Morgan fingerprint density at radius 2 is 1.60 bits per heavy atom. The number of rotatable bonds is 1. The van der Waals surface area contributed by atoms with Gasteiger partial charge in [0.05, 0.1) is 0 Å². The Morgan fingerprint density at radius 1 is 1.20 bits per heavy atom. The highest BCUT2D eigenvalue weighted by atomic mass is 15.3. The van der Waals surface area contributed by atoms with Crippen LogP contribution in [-0.2, 0) is 0 Å². The maximum absolute atomic E-state index is 2.32. The van der Waals surface area contributed by atoms with Gasteiger partial charge in [0.1, 0.15) is 0 Å². The van der Waals surface area contributed by atoms with Crippen LogP contribution in [0.2, 0.25) is 0 Å². The smallest absolute Gasteiger partial charge is 0.0344 e. The summed E-state index contributed by atoms with van der Waals surface area (Å²) in [6.45, 7) is 6.49.